The van der Waals surface area contributed by atoms with Crippen LogP contribution >= 0.6 is 0 Å². The molecule has 0 unspecified atom stereocenters. The normalized spacial score (nSPS) is 12.4. The summed E-state index contributed by atoms with van der Waals surface area (Å²) < 4.78 is 5.24. The van der Waals surface area contributed by atoms with Crippen molar-refractivity contribution in [3.63, 3.8) is 0 Å². The molecule has 0 radical (unpaired) electrons. The predicted molar refractivity (Wildman–Crippen MR) is 88.0 cm³/mol. The fraction of sp³-hybridized carbons (Fsp3) is 0.118. The molecular weight excluding hydrogens is 310 g/mol. The van der Waals surface area contributed by atoms with E-state index in [0.29, 0.717) is 22.7 Å². The molecule has 7 heteroatoms. The molecule has 0 fully saturated rings. The maximum Gasteiger partial charge on any atom is 0.262 e. The van der Waals surface area contributed by atoms with Gasteiger partial charge in [0.25, 0.3) is 11.8 Å². The van der Waals surface area contributed by atoms with E-state index < -0.39 is 0 Å². The fourth-order valence-electron chi connectivity index (χ4n) is 2.22. The molecule has 3 N–H and O–H groups in total. The third kappa shape index (κ3) is 3.70. The second-order valence-electron chi connectivity index (χ2n) is 5.14. The lowest BCUT2D eigenvalue weighted by Gasteiger charge is -2.18. The molecule has 0 saturated carbocycles. The summed E-state index contributed by atoms with van der Waals surface area (Å²) in [6.45, 7) is -0.183. The van der Waals surface area contributed by atoms with E-state index in [1.165, 1.54) is 0 Å². The highest BCUT2D eigenvalue weighted by atomic mass is 16.5. The number of rotatable bonds is 4. The molecule has 3 rings (SSSR count). The Morgan fingerprint density at radius 1 is 1.12 bits per heavy atom. The molecule has 0 aliphatic carbocycles. The smallest absolute Gasteiger partial charge is 0.262 e. The maximum atomic E-state index is 11.9. The summed E-state index contributed by atoms with van der Waals surface area (Å²) in [7, 11) is 0. The number of amides is 3. The average molecular weight is 325 g/mol. The highest BCUT2D eigenvalue weighted by Gasteiger charge is 2.16. The first-order valence-electron chi connectivity index (χ1n) is 7.31. The number of carbonyl (C=O) groups is 3. The molecular formula is C17H15N3O4. The van der Waals surface area contributed by atoms with Crippen molar-refractivity contribution in [1.29, 1.82) is 0 Å². The Labute approximate surface area is 138 Å². The van der Waals surface area contributed by atoms with Crippen LogP contribution in [0.15, 0.2) is 48.5 Å². The minimum atomic E-state index is -0.373. The van der Waals surface area contributed by atoms with Crippen LogP contribution in [0.3, 0.4) is 0 Å². The molecule has 0 spiro atoms. The summed E-state index contributed by atoms with van der Waals surface area (Å²) in [4.78, 5) is 35.1. The van der Waals surface area contributed by atoms with E-state index in [0.717, 1.165) is 0 Å². The monoisotopic (exact) mass is 325 g/mol. The summed E-state index contributed by atoms with van der Waals surface area (Å²) in [5.74, 6) is -0.398. The first kappa shape index (κ1) is 15.5. The van der Waals surface area contributed by atoms with Crippen molar-refractivity contribution in [2.75, 3.05) is 23.8 Å². The van der Waals surface area contributed by atoms with Crippen molar-refractivity contribution in [2.24, 2.45) is 0 Å². The van der Waals surface area contributed by atoms with Crippen LogP contribution in [-0.2, 0) is 9.59 Å². The molecule has 1 heterocycles. The number of hydrogen-bond donors (Lipinski definition) is 3. The first-order valence-corrected chi connectivity index (χ1v) is 7.31. The van der Waals surface area contributed by atoms with E-state index >= 15 is 0 Å². The molecule has 3 amide bonds. The van der Waals surface area contributed by atoms with E-state index in [-0.39, 0.29) is 30.9 Å². The number of nitrogens with one attached hydrogen (secondary N) is 3. The fourth-order valence-corrected chi connectivity index (χ4v) is 2.22. The quantitative estimate of drug-likeness (QED) is 0.791. The van der Waals surface area contributed by atoms with E-state index in [1.54, 1.807) is 42.5 Å². The van der Waals surface area contributed by atoms with Gasteiger partial charge in [-0.25, -0.2) is 0 Å². The number of anilines is 2. The summed E-state index contributed by atoms with van der Waals surface area (Å²) in [5, 5.41) is 7.86. The number of carbonyl (C=O) groups excluding carboxylic acids is 3. The van der Waals surface area contributed by atoms with Gasteiger partial charge in [0.2, 0.25) is 5.91 Å². The Bertz CT molecular complexity index is 790. The molecule has 1 aliphatic rings. The van der Waals surface area contributed by atoms with Gasteiger partial charge in [-0.2, -0.15) is 0 Å². The SMILES string of the molecule is O=C(CNC(=O)c1ccccc1)Nc1ccc2c(c1)NC(=O)CO2. The molecule has 0 atom stereocenters. The van der Waals surface area contributed by atoms with Gasteiger partial charge < -0.3 is 20.7 Å². The zero-order valence-corrected chi connectivity index (χ0v) is 12.7. The van der Waals surface area contributed by atoms with Gasteiger partial charge in [-0.15, -0.1) is 0 Å². The standard InChI is InChI=1S/C17H15N3O4/c21-15(9-18-17(23)11-4-2-1-3-5-11)19-12-6-7-14-13(8-12)20-16(22)10-24-14/h1-8H,9-10H2,(H,18,23)(H,19,21)(H,20,22). The average Bonchev–Trinajstić information content (AvgIpc) is 2.60. The summed E-state index contributed by atoms with van der Waals surface area (Å²) in [5.41, 5.74) is 1.48. The van der Waals surface area contributed by atoms with E-state index in [9.17, 15) is 14.4 Å². The highest BCUT2D eigenvalue weighted by Crippen LogP contribution is 2.30. The first-order chi connectivity index (χ1) is 11.6. The van der Waals surface area contributed by atoms with E-state index in [2.05, 4.69) is 16.0 Å². The van der Waals surface area contributed by atoms with Gasteiger partial charge in [0.1, 0.15) is 5.75 Å². The van der Waals surface area contributed by atoms with Crippen LogP contribution in [0.25, 0.3) is 0 Å². The summed E-state index contributed by atoms with van der Waals surface area (Å²) in [6.07, 6.45) is 0. The lowest BCUT2D eigenvalue weighted by Crippen LogP contribution is -2.32. The van der Waals surface area contributed by atoms with E-state index in [1.807, 2.05) is 6.07 Å². The third-order valence-electron chi connectivity index (χ3n) is 3.34. The topological polar surface area (TPSA) is 96.5 Å². The molecule has 2 aromatic rings. The second kappa shape index (κ2) is 6.82. The van der Waals surface area contributed by atoms with Crippen molar-refractivity contribution < 1.29 is 19.1 Å². The lowest BCUT2D eigenvalue weighted by atomic mass is 10.2. The predicted octanol–water partition coefficient (Wildman–Crippen LogP) is 1.39. The van der Waals surface area contributed by atoms with Crippen LogP contribution < -0.4 is 20.7 Å². The van der Waals surface area contributed by atoms with Gasteiger partial charge in [-0.3, -0.25) is 14.4 Å². The Balaban J connectivity index is 1.56. The molecule has 122 valence electrons. The molecule has 2 aromatic carbocycles. The maximum absolute atomic E-state index is 11.9. The Kier molecular flexibility index (Phi) is 4.42. The van der Waals surface area contributed by atoms with Crippen molar-refractivity contribution >= 4 is 29.1 Å². The van der Waals surface area contributed by atoms with Crippen LogP contribution in [0.2, 0.25) is 0 Å². The third-order valence-corrected chi connectivity index (χ3v) is 3.34. The van der Waals surface area contributed by atoms with Gasteiger partial charge >= 0.3 is 0 Å². The van der Waals surface area contributed by atoms with Gasteiger partial charge in [0.05, 0.1) is 12.2 Å². The molecule has 7 nitrogen and oxygen atoms in total. The van der Waals surface area contributed by atoms with E-state index in [4.69, 9.17) is 4.74 Å². The highest BCUT2D eigenvalue weighted by molar-refractivity contribution is 6.00. The van der Waals surface area contributed by atoms with Gasteiger partial charge in [0.15, 0.2) is 6.61 Å². The van der Waals surface area contributed by atoms with Crippen molar-refractivity contribution in [3.8, 4) is 5.75 Å². The van der Waals surface area contributed by atoms with Crippen molar-refractivity contribution in [2.45, 2.75) is 0 Å². The second-order valence-corrected chi connectivity index (χ2v) is 5.14. The van der Waals surface area contributed by atoms with Crippen LogP contribution in [0.4, 0.5) is 11.4 Å². The van der Waals surface area contributed by atoms with Crippen molar-refractivity contribution in [3.05, 3.63) is 54.1 Å². The number of hydrogen-bond acceptors (Lipinski definition) is 4. The molecule has 0 bridgehead atoms. The van der Waals surface area contributed by atoms with Crippen LogP contribution in [0, 0.1) is 0 Å². The Hall–Kier alpha value is -3.35. The minimum Gasteiger partial charge on any atom is -0.482 e. The Morgan fingerprint density at radius 2 is 1.92 bits per heavy atom. The number of benzene rings is 2. The van der Waals surface area contributed by atoms with Gasteiger partial charge in [-0.1, -0.05) is 18.2 Å². The lowest BCUT2D eigenvalue weighted by molar-refractivity contribution is -0.118. The largest absolute Gasteiger partial charge is 0.482 e. The number of fused-ring (bicyclic) bond motifs is 1. The van der Waals surface area contributed by atoms with Crippen LogP contribution in [0.5, 0.6) is 5.75 Å². The molecule has 24 heavy (non-hydrogen) atoms. The Morgan fingerprint density at radius 3 is 2.71 bits per heavy atom. The van der Waals surface area contributed by atoms with Gasteiger partial charge in [-0.05, 0) is 30.3 Å². The minimum absolute atomic E-state index is 0.0236. The number of ether oxygens (including phenoxy) is 1. The molecule has 0 aromatic heterocycles. The molecule has 0 saturated heterocycles. The van der Waals surface area contributed by atoms with Crippen molar-refractivity contribution in [1.82, 2.24) is 5.32 Å². The van der Waals surface area contributed by atoms with Gasteiger partial charge in [0, 0.05) is 11.3 Å². The molecule has 1 aliphatic heterocycles. The van der Waals surface area contributed by atoms with Crippen LogP contribution in [0.1, 0.15) is 10.4 Å². The van der Waals surface area contributed by atoms with Crippen LogP contribution in [-0.4, -0.2) is 30.9 Å². The zero-order valence-electron chi connectivity index (χ0n) is 12.7. The summed E-state index contributed by atoms with van der Waals surface area (Å²) >= 11 is 0. The zero-order chi connectivity index (χ0) is 16.9. The summed E-state index contributed by atoms with van der Waals surface area (Å²) in [6, 6.07) is 13.6.